The molecule has 0 heterocycles. The highest BCUT2D eigenvalue weighted by Crippen LogP contribution is 2.16. The van der Waals surface area contributed by atoms with Crippen molar-refractivity contribution in [3.8, 4) is 0 Å². The highest BCUT2D eigenvalue weighted by molar-refractivity contribution is 7.85. The summed E-state index contributed by atoms with van der Waals surface area (Å²) in [6.07, 6.45) is 6.95. The molecule has 0 fully saturated rings. The lowest BCUT2D eigenvalue weighted by Crippen LogP contribution is -2.00. The van der Waals surface area contributed by atoms with E-state index in [1.165, 1.54) is 37.8 Å². The summed E-state index contributed by atoms with van der Waals surface area (Å²) in [5, 5.41) is 0. The van der Waals surface area contributed by atoms with Gasteiger partial charge in [0.15, 0.2) is 0 Å². The minimum Gasteiger partial charge on any atom is -0.399 e. The van der Waals surface area contributed by atoms with Crippen molar-refractivity contribution in [2.75, 3.05) is 11.5 Å². The average Bonchev–Trinajstić information content (AvgIpc) is 2.32. The third-order valence-electron chi connectivity index (χ3n) is 2.84. The Labute approximate surface area is 111 Å². The van der Waals surface area contributed by atoms with E-state index in [4.69, 9.17) is 5.73 Å². The largest absolute Gasteiger partial charge is 0.399 e. The van der Waals surface area contributed by atoms with Gasteiger partial charge in [-0.2, -0.15) is 0 Å². The third kappa shape index (κ3) is 5.63. The Morgan fingerprint density at radius 2 is 1.78 bits per heavy atom. The molecule has 102 valence electrons. The Morgan fingerprint density at radius 3 is 2.44 bits per heavy atom. The molecule has 0 saturated carbocycles. The standard InChI is InChI=1S/C14H22FNOS/c1-2-3-4-5-6-7-8-18(17)14-10-12(15)9-13(16)11-14/h9-11H,2-8,16H2,1H3. The summed E-state index contributed by atoms with van der Waals surface area (Å²) >= 11 is 0. The Hall–Kier alpha value is -0.900. The van der Waals surface area contributed by atoms with Crippen LogP contribution in [0.3, 0.4) is 0 Å². The van der Waals surface area contributed by atoms with Gasteiger partial charge in [0, 0.05) is 16.3 Å². The van der Waals surface area contributed by atoms with E-state index in [9.17, 15) is 8.60 Å². The van der Waals surface area contributed by atoms with Crippen LogP contribution in [0.1, 0.15) is 45.4 Å². The molecule has 0 saturated heterocycles. The lowest BCUT2D eigenvalue weighted by molar-refractivity contribution is 0.618. The minimum absolute atomic E-state index is 0.335. The number of hydrogen-bond acceptors (Lipinski definition) is 2. The van der Waals surface area contributed by atoms with E-state index in [2.05, 4.69) is 6.92 Å². The van der Waals surface area contributed by atoms with Gasteiger partial charge in [-0.3, -0.25) is 4.21 Å². The molecule has 1 aromatic rings. The quantitative estimate of drug-likeness (QED) is 0.576. The number of hydrogen-bond donors (Lipinski definition) is 1. The van der Waals surface area contributed by atoms with Gasteiger partial charge in [0.25, 0.3) is 0 Å². The van der Waals surface area contributed by atoms with Gasteiger partial charge in [-0.15, -0.1) is 0 Å². The maximum Gasteiger partial charge on any atom is 0.126 e. The zero-order valence-electron chi connectivity index (χ0n) is 11.0. The second-order valence-corrected chi connectivity index (χ2v) is 6.11. The van der Waals surface area contributed by atoms with Crippen LogP contribution in [0.25, 0.3) is 0 Å². The second kappa shape index (κ2) is 8.25. The van der Waals surface area contributed by atoms with Crippen molar-refractivity contribution in [1.29, 1.82) is 0 Å². The number of anilines is 1. The molecule has 0 aromatic heterocycles. The number of halogens is 1. The van der Waals surface area contributed by atoms with Crippen LogP contribution in [0.5, 0.6) is 0 Å². The van der Waals surface area contributed by atoms with Gasteiger partial charge in [0.2, 0.25) is 0 Å². The van der Waals surface area contributed by atoms with E-state index in [0.29, 0.717) is 16.3 Å². The van der Waals surface area contributed by atoms with Crippen LogP contribution in [0.2, 0.25) is 0 Å². The molecule has 0 radical (unpaired) electrons. The van der Waals surface area contributed by atoms with Crippen LogP contribution in [0.4, 0.5) is 10.1 Å². The van der Waals surface area contributed by atoms with Crippen molar-refractivity contribution in [3.05, 3.63) is 24.0 Å². The van der Waals surface area contributed by atoms with E-state index < -0.39 is 16.6 Å². The molecule has 0 aliphatic carbocycles. The SMILES string of the molecule is CCCCCCCCS(=O)c1cc(N)cc(F)c1. The molecule has 2 nitrogen and oxygen atoms in total. The van der Waals surface area contributed by atoms with Crippen LogP contribution in [0.15, 0.2) is 23.1 Å². The third-order valence-corrected chi connectivity index (χ3v) is 4.26. The highest BCUT2D eigenvalue weighted by Gasteiger charge is 2.06. The Kier molecular flexibility index (Phi) is 6.94. The molecular formula is C14H22FNOS. The molecule has 0 aliphatic heterocycles. The lowest BCUT2D eigenvalue weighted by atomic mass is 10.1. The molecule has 0 bridgehead atoms. The molecule has 1 aromatic carbocycles. The Bertz CT molecular complexity index is 375. The van der Waals surface area contributed by atoms with Crippen LogP contribution < -0.4 is 5.73 Å². The first-order valence-corrected chi connectivity index (χ1v) is 7.90. The number of unbranched alkanes of at least 4 members (excludes halogenated alkanes) is 5. The molecule has 1 rings (SSSR count). The van der Waals surface area contributed by atoms with Gasteiger partial charge in [-0.1, -0.05) is 39.0 Å². The maximum atomic E-state index is 13.1. The normalized spacial score (nSPS) is 12.6. The molecule has 18 heavy (non-hydrogen) atoms. The van der Waals surface area contributed by atoms with E-state index in [1.54, 1.807) is 6.07 Å². The van der Waals surface area contributed by atoms with Gasteiger partial charge in [0.1, 0.15) is 5.82 Å². The predicted molar refractivity (Wildman–Crippen MR) is 75.5 cm³/mol. The number of rotatable bonds is 8. The van der Waals surface area contributed by atoms with Crippen LogP contribution in [0, 0.1) is 5.82 Å². The number of benzene rings is 1. The first-order chi connectivity index (χ1) is 8.63. The lowest BCUT2D eigenvalue weighted by Gasteiger charge is -2.04. The monoisotopic (exact) mass is 271 g/mol. The topological polar surface area (TPSA) is 43.1 Å². The molecule has 0 spiro atoms. The summed E-state index contributed by atoms with van der Waals surface area (Å²) in [5.41, 5.74) is 5.87. The summed E-state index contributed by atoms with van der Waals surface area (Å²) in [6.45, 7) is 2.18. The van der Waals surface area contributed by atoms with Gasteiger partial charge >= 0.3 is 0 Å². The molecule has 2 N–H and O–H groups in total. The number of nitrogen functional groups attached to an aromatic ring is 1. The molecule has 1 atom stereocenters. The first kappa shape index (κ1) is 15.2. The Balaban J connectivity index is 2.32. The van der Waals surface area contributed by atoms with Crippen molar-refractivity contribution in [2.24, 2.45) is 0 Å². The minimum atomic E-state index is -1.13. The Morgan fingerprint density at radius 1 is 1.11 bits per heavy atom. The van der Waals surface area contributed by atoms with Gasteiger partial charge in [-0.25, -0.2) is 4.39 Å². The average molecular weight is 271 g/mol. The van der Waals surface area contributed by atoms with Gasteiger partial charge < -0.3 is 5.73 Å². The van der Waals surface area contributed by atoms with Gasteiger partial charge in [0.05, 0.1) is 10.8 Å². The highest BCUT2D eigenvalue weighted by atomic mass is 32.2. The summed E-state index contributed by atoms with van der Waals surface area (Å²) in [6, 6.07) is 4.14. The van der Waals surface area contributed by atoms with Crippen molar-refractivity contribution < 1.29 is 8.60 Å². The molecule has 0 amide bonds. The maximum absolute atomic E-state index is 13.1. The second-order valence-electron chi connectivity index (χ2n) is 4.54. The van der Waals surface area contributed by atoms with E-state index in [-0.39, 0.29) is 0 Å². The zero-order valence-corrected chi connectivity index (χ0v) is 11.8. The van der Waals surface area contributed by atoms with Crippen molar-refractivity contribution in [1.82, 2.24) is 0 Å². The summed E-state index contributed by atoms with van der Waals surface area (Å²) in [7, 11) is -1.13. The molecule has 4 heteroatoms. The zero-order chi connectivity index (χ0) is 13.4. The van der Waals surface area contributed by atoms with Gasteiger partial charge in [-0.05, 0) is 24.6 Å². The fourth-order valence-corrected chi connectivity index (χ4v) is 3.06. The van der Waals surface area contributed by atoms with Crippen molar-refractivity contribution in [3.63, 3.8) is 0 Å². The van der Waals surface area contributed by atoms with E-state index in [0.717, 1.165) is 12.8 Å². The van der Waals surface area contributed by atoms with Crippen molar-refractivity contribution in [2.45, 2.75) is 50.3 Å². The molecule has 0 aliphatic rings. The number of nitrogens with two attached hydrogens (primary N) is 1. The predicted octanol–water partition coefficient (Wildman–Crippen LogP) is 3.88. The first-order valence-electron chi connectivity index (χ1n) is 6.58. The van der Waals surface area contributed by atoms with Crippen molar-refractivity contribution >= 4 is 16.5 Å². The van der Waals surface area contributed by atoms with E-state index >= 15 is 0 Å². The smallest absolute Gasteiger partial charge is 0.126 e. The molecule has 1 unspecified atom stereocenters. The summed E-state index contributed by atoms with van der Waals surface area (Å²) < 4.78 is 25.0. The fourth-order valence-electron chi connectivity index (χ4n) is 1.85. The molecular weight excluding hydrogens is 249 g/mol. The summed E-state index contributed by atoms with van der Waals surface area (Å²) in [4.78, 5) is 0.501. The van der Waals surface area contributed by atoms with Crippen LogP contribution in [-0.4, -0.2) is 9.96 Å². The van der Waals surface area contributed by atoms with Crippen LogP contribution >= 0.6 is 0 Å². The summed E-state index contributed by atoms with van der Waals surface area (Å²) in [5.74, 6) is 0.177. The van der Waals surface area contributed by atoms with Crippen LogP contribution in [-0.2, 0) is 10.8 Å². The van der Waals surface area contributed by atoms with E-state index in [1.807, 2.05) is 0 Å². The fraction of sp³-hybridized carbons (Fsp3) is 0.571.